The molecule has 0 saturated heterocycles. The van der Waals surface area contributed by atoms with Crippen LogP contribution in [-0.4, -0.2) is 15.0 Å². The van der Waals surface area contributed by atoms with Crippen LogP contribution in [-0.2, 0) is 6.42 Å². The highest BCUT2D eigenvalue weighted by atomic mass is 16.5. The number of rotatable bonds is 8. The quantitative estimate of drug-likeness (QED) is 0.300. The van der Waals surface area contributed by atoms with Crippen LogP contribution in [0, 0.1) is 0 Å². The molecule has 0 amide bonds. The molecule has 1 unspecified atom stereocenters. The first-order chi connectivity index (χ1) is 18.3. The number of unbranched alkanes of at least 4 members (excludes halogenated alkanes) is 1. The first-order valence-electron chi connectivity index (χ1n) is 13.2. The number of aromatic nitrogens is 3. The van der Waals surface area contributed by atoms with E-state index in [0.29, 0.717) is 17.5 Å². The molecule has 2 heterocycles. The summed E-state index contributed by atoms with van der Waals surface area (Å²) >= 11 is 0. The zero-order chi connectivity index (χ0) is 25.5. The number of para-hydroxylation sites is 1. The minimum absolute atomic E-state index is 0.235. The molecule has 1 aliphatic heterocycles. The monoisotopic (exact) mass is 487 g/mol. The Bertz CT molecular complexity index is 1390. The van der Waals surface area contributed by atoms with Crippen LogP contribution in [0.1, 0.15) is 68.4 Å². The molecule has 37 heavy (non-hydrogen) atoms. The van der Waals surface area contributed by atoms with Crippen molar-refractivity contribution >= 4 is 11.1 Å². The van der Waals surface area contributed by atoms with E-state index in [1.54, 1.807) is 0 Å². The maximum absolute atomic E-state index is 6.30. The van der Waals surface area contributed by atoms with Gasteiger partial charge in [-0.2, -0.15) is 0 Å². The molecule has 186 valence electrons. The molecule has 0 bridgehead atoms. The number of benzene rings is 2. The first kappa shape index (κ1) is 24.6. The third kappa shape index (κ3) is 5.69. The van der Waals surface area contributed by atoms with Crippen LogP contribution in [0.3, 0.4) is 0 Å². The molecule has 0 radical (unpaired) electrons. The predicted octanol–water partition coefficient (Wildman–Crippen LogP) is 8.26. The zero-order valence-electron chi connectivity index (χ0n) is 21.6. The van der Waals surface area contributed by atoms with Crippen molar-refractivity contribution in [1.82, 2.24) is 15.0 Å². The maximum atomic E-state index is 6.30. The fraction of sp³-hybridized carbons (Fsp3) is 0.242. The van der Waals surface area contributed by atoms with Gasteiger partial charge >= 0.3 is 0 Å². The first-order valence-corrected chi connectivity index (χ1v) is 13.2. The predicted molar refractivity (Wildman–Crippen MR) is 152 cm³/mol. The van der Waals surface area contributed by atoms with Crippen LogP contribution in [0.4, 0.5) is 0 Å². The SMILES string of the molecule is C\C=C/C=C(\C=C/CCC)c1ccccc1-c1nc(C2=CCCC=C2)nc(C2Cc3ccccc3O2)n1. The molecule has 0 fully saturated rings. The molecule has 0 N–H and O–H groups in total. The van der Waals surface area contributed by atoms with Gasteiger partial charge in [-0.05, 0) is 49.0 Å². The lowest BCUT2D eigenvalue weighted by atomic mass is 9.97. The smallest absolute Gasteiger partial charge is 0.174 e. The molecule has 0 saturated carbocycles. The number of nitrogens with zero attached hydrogens (tertiary/aromatic N) is 3. The van der Waals surface area contributed by atoms with E-state index < -0.39 is 0 Å². The summed E-state index contributed by atoms with van der Waals surface area (Å²) < 4.78 is 6.30. The molecular weight excluding hydrogens is 454 g/mol. The summed E-state index contributed by atoms with van der Waals surface area (Å²) in [5, 5.41) is 0. The van der Waals surface area contributed by atoms with Gasteiger partial charge in [-0.15, -0.1) is 0 Å². The van der Waals surface area contributed by atoms with Crippen LogP contribution in [0.2, 0.25) is 0 Å². The van der Waals surface area contributed by atoms with Crippen molar-refractivity contribution in [3.05, 3.63) is 120 Å². The number of allylic oxidation sites excluding steroid dienone is 10. The van der Waals surface area contributed by atoms with Crippen molar-refractivity contribution in [1.29, 1.82) is 0 Å². The molecule has 4 nitrogen and oxygen atoms in total. The molecule has 2 aromatic carbocycles. The number of ether oxygens (including phenoxy) is 1. The van der Waals surface area contributed by atoms with E-state index in [1.807, 2.05) is 37.3 Å². The van der Waals surface area contributed by atoms with Gasteiger partial charge in [0.25, 0.3) is 0 Å². The van der Waals surface area contributed by atoms with Gasteiger partial charge in [0.05, 0.1) is 0 Å². The summed E-state index contributed by atoms with van der Waals surface area (Å²) in [6.07, 6.45) is 21.9. The molecule has 1 atom stereocenters. The van der Waals surface area contributed by atoms with E-state index in [-0.39, 0.29) is 6.10 Å². The Hall–Kier alpha value is -4.05. The van der Waals surface area contributed by atoms with Crippen LogP contribution in [0.15, 0.2) is 97.1 Å². The average Bonchev–Trinajstić information content (AvgIpc) is 3.40. The van der Waals surface area contributed by atoms with Crippen molar-refractivity contribution < 1.29 is 4.74 Å². The Morgan fingerprint density at radius 3 is 2.65 bits per heavy atom. The van der Waals surface area contributed by atoms with E-state index in [1.165, 1.54) is 5.56 Å². The average molecular weight is 488 g/mol. The van der Waals surface area contributed by atoms with Gasteiger partial charge in [-0.1, -0.05) is 104 Å². The van der Waals surface area contributed by atoms with E-state index in [2.05, 4.69) is 73.7 Å². The van der Waals surface area contributed by atoms with Crippen molar-refractivity contribution in [3.8, 4) is 17.1 Å². The van der Waals surface area contributed by atoms with Crippen molar-refractivity contribution in [2.45, 2.75) is 52.1 Å². The Labute approximate surface area is 219 Å². The molecule has 2 aliphatic rings. The highest BCUT2D eigenvalue weighted by Crippen LogP contribution is 2.36. The summed E-state index contributed by atoms with van der Waals surface area (Å²) in [5.41, 5.74) is 5.44. The molecule has 1 aromatic heterocycles. The Morgan fingerprint density at radius 1 is 1.00 bits per heavy atom. The molecule has 0 spiro atoms. The van der Waals surface area contributed by atoms with E-state index in [0.717, 1.165) is 60.1 Å². The minimum Gasteiger partial charge on any atom is -0.482 e. The molecule has 5 rings (SSSR count). The van der Waals surface area contributed by atoms with E-state index >= 15 is 0 Å². The van der Waals surface area contributed by atoms with Gasteiger partial charge < -0.3 is 4.74 Å². The number of fused-ring (bicyclic) bond motifs is 1. The Kier molecular flexibility index (Phi) is 7.85. The number of hydrogen-bond acceptors (Lipinski definition) is 4. The summed E-state index contributed by atoms with van der Waals surface area (Å²) in [5.74, 6) is 2.95. The van der Waals surface area contributed by atoms with Crippen molar-refractivity contribution in [2.24, 2.45) is 0 Å². The van der Waals surface area contributed by atoms with Crippen molar-refractivity contribution in [3.63, 3.8) is 0 Å². The highest BCUT2D eigenvalue weighted by Gasteiger charge is 2.28. The second-order valence-corrected chi connectivity index (χ2v) is 9.28. The summed E-state index contributed by atoms with van der Waals surface area (Å²) in [6.45, 7) is 4.23. The van der Waals surface area contributed by atoms with E-state index in [4.69, 9.17) is 19.7 Å². The third-order valence-corrected chi connectivity index (χ3v) is 6.54. The highest BCUT2D eigenvalue weighted by molar-refractivity contribution is 5.84. The topological polar surface area (TPSA) is 47.9 Å². The van der Waals surface area contributed by atoms with E-state index in [9.17, 15) is 0 Å². The van der Waals surface area contributed by atoms with Crippen molar-refractivity contribution in [2.75, 3.05) is 0 Å². The summed E-state index contributed by atoms with van der Waals surface area (Å²) in [4.78, 5) is 14.9. The van der Waals surface area contributed by atoms with Crippen LogP contribution in [0.25, 0.3) is 22.5 Å². The number of hydrogen-bond donors (Lipinski definition) is 0. The lowest BCUT2D eigenvalue weighted by Crippen LogP contribution is -2.13. The van der Waals surface area contributed by atoms with Gasteiger partial charge in [0.2, 0.25) is 0 Å². The molecule has 3 aromatic rings. The Morgan fingerprint density at radius 2 is 1.84 bits per heavy atom. The molecule has 4 heteroatoms. The summed E-state index contributed by atoms with van der Waals surface area (Å²) in [6, 6.07) is 16.5. The minimum atomic E-state index is -0.235. The van der Waals surface area contributed by atoms with Gasteiger partial charge in [-0.3, -0.25) is 0 Å². The third-order valence-electron chi connectivity index (χ3n) is 6.54. The normalized spacial score (nSPS) is 17.3. The van der Waals surface area contributed by atoms with Crippen LogP contribution < -0.4 is 4.74 Å². The van der Waals surface area contributed by atoms with Crippen LogP contribution >= 0.6 is 0 Å². The van der Waals surface area contributed by atoms with Gasteiger partial charge in [0.1, 0.15) is 5.75 Å². The summed E-state index contributed by atoms with van der Waals surface area (Å²) in [7, 11) is 0. The fourth-order valence-corrected chi connectivity index (χ4v) is 4.63. The van der Waals surface area contributed by atoms with Gasteiger partial charge in [0, 0.05) is 17.6 Å². The largest absolute Gasteiger partial charge is 0.482 e. The second-order valence-electron chi connectivity index (χ2n) is 9.28. The zero-order valence-corrected chi connectivity index (χ0v) is 21.6. The maximum Gasteiger partial charge on any atom is 0.174 e. The molecular formula is C33H33N3O. The van der Waals surface area contributed by atoms with Crippen LogP contribution in [0.5, 0.6) is 5.75 Å². The lowest BCUT2D eigenvalue weighted by molar-refractivity contribution is 0.227. The Balaban J connectivity index is 1.62. The fourth-order valence-electron chi connectivity index (χ4n) is 4.63. The lowest BCUT2D eigenvalue weighted by Gasteiger charge is -2.15. The second kappa shape index (κ2) is 11.8. The molecule has 1 aliphatic carbocycles. The van der Waals surface area contributed by atoms with Gasteiger partial charge in [0.15, 0.2) is 23.6 Å². The standard InChI is InChI=1S/C33H33N3O/c1-3-5-8-16-24(15-6-4-2)27-20-12-13-21-28(27)32-34-31(25-17-9-7-10-18-25)35-33(36-32)30-23-26-19-11-14-22-29(26)37-30/h4,6,8-9,11-22,30H,3,5,7,10,23H2,1-2H3/b6-4-,16-8-,24-15+. The van der Waals surface area contributed by atoms with Gasteiger partial charge in [-0.25, -0.2) is 15.0 Å².